The normalized spacial score (nSPS) is 37.4. The van der Waals surface area contributed by atoms with Crippen LogP contribution in [-0.2, 0) is 26.2 Å². The molecule has 0 aromatic heterocycles. The quantitative estimate of drug-likeness (QED) is 0.764. The molecule has 4 aliphatic rings. The van der Waals surface area contributed by atoms with Gasteiger partial charge in [-0.3, -0.25) is 9.69 Å². The second-order valence-corrected chi connectivity index (χ2v) is 7.58. The molecular formula is C19H23NO5. The van der Waals surface area contributed by atoms with E-state index in [1.165, 1.54) is 18.1 Å². The molecule has 6 heteroatoms. The van der Waals surface area contributed by atoms with Crippen molar-refractivity contribution in [2.45, 2.75) is 56.4 Å². The molecule has 1 aromatic carbocycles. The number of hydrogen-bond acceptors (Lipinski definition) is 6. The Labute approximate surface area is 147 Å². The number of fused-ring (bicyclic) bond motifs is 2. The van der Waals surface area contributed by atoms with Gasteiger partial charge >= 0.3 is 5.97 Å². The molecule has 1 aliphatic carbocycles. The van der Waals surface area contributed by atoms with Gasteiger partial charge in [0.15, 0.2) is 11.5 Å². The zero-order valence-electron chi connectivity index (χ0n) is 14.6. The van der Waals surface area contributed by atoms with Crippen molar-refractivity contribution in [2.75, 3.05) is 20.4 Å². The first-order chi connectivity index (χ1) is 12.1. The number of carbonyl (C=O) groups excluding carboxylic acids is 1. The van der Waals surface area contributed by atoms with E-state index in [4.69, 9.17) is 18.9 Å². The Balaban J connectivity index is 1.64. The van der Waals surface area contributed by atoms with Gasteiger partial charge in [0.25, 0.3) is 0 Å². The maximum atomic E-state index is 11.8. The van der Waals surface area contributed by atoms with Gasteiger partial charge in [-0.2, -0.15) is 0 Å². The van der Waals surface area contributed by atoms with E-state index in [1.807, 2.05) is 0 Å². The Morgan fingerprint density at radius 2 is 2.12 bits per heavy atom. The average molecular weight is 345 g/mol. The van der Waals surface area contributed by atoms with Crippen molar-refractivity contribution in [1.82, 2.24) is 4.90 Å². The number of hydrogen-bond donors (Lipinski definition) is 0. The fraction of sp³-hybridized carbons (Fsp3) is 0.632. The van der Waals surface area contributed by atoms with E-state index in [2.05, 4.69) is 17.0 Å². The molecule has 2 fully saturated rings. The number of methoxy groups -OCH3 is 1. The molecule has 3 aliphatic heterocycles. The number of esters is 1. The predicted octanol–water partition coefficient (Wildman–Crippen LogP) is 1.98. The Morgan fingerprint density at radius 3 is 2.88 bits per heavy atom. The summed E-state index contributed by atoms with van der Waals surface area (Å²) < 4.78 is 22.7. The van der Waals surface area contributed by atoms with E-state index < -0.39 is 0 Å². The van der Waals surface area contributed by atoms with Gasteiger partial charge in [0.05, 0.1) is 6.10 Å². The summed E-state index contributed by atoms with van der Waals surface area (Å²) in [6.45, 7) is 3.41. The summed E-state index contributed by atoms with van der Waals surface area (Å²) in [7, 11) is 1.79. The summed E-state index contributed by atoms with van der Waals surface area (Å²) in [4.78, 5) is 14.2. The van der Waals surface area contributed by atoms with Gasteiger partial charge in [0, 0.05) is 38.6 Å². The summed E-state index contributed by atoms with van der Waals surface area (Å²) in [6.07, 6.45) is 3.06. The van der Waals surface area contributed by atoms with E-state index in [9.17, 15) is 4.79 Å². The molecule has 134 valence electrons. The molecule has 6 nitrogen and oxygen atoms in total. The number of carbonyl (C=O) groups is 1. The molecule has 0 N–H and O–H groups in total. The summed E-state index contributed by atoms with van der Waals surface area (Å²) in [5, 5.41) is 0. The maximum Gasteiger partial charge on any atom is 0.302 e. The van der Waals surface area contributed by atoms with E-state index in [-0.39, 0.29) is 30.4 Å². The number of benzene rings is 1. The van der Waals surface area contributed by atoms with E-state index >= 15 is 0 Å². The van der Waals surface area contributed by atoms with Crippen LogP contribution in [0, 0.1) is 0 Å². The molecule has 1 saturated heterocycles. The Bertz CT molecular complexity index is 735. The van der Waals surface area contributed by atoms with Crippen LogP contribution in [0.3, 0.4) is 0 Å². The highest BCUT2D eigenvalue weighted by molar-refractivity contribution is 5.67. The van der Waals surface area contributed by atoms with Gasteiger partial charge < -0.3 is 18.9 Å². The molecule has 0 radical (unpaired) electrons. The first kappa shape index (κ1) is 15.5. The van der Waals surface area contributed by atoms with Crippen LogP contribution in [0.5, 0.6) is 11.5 Å². The minimum Gasteiger partial charge on any atom is -0.460 e. The average Bonchev–Trinajstić information content (AvgIpc) is 3.13. The smallest absolute Gasteiger partial charge is 0.302 e. The van der Waals surface area contributed by atoms with Crippen LogP contribution < -0.4 is 9.47 Å². The van der Waals surface area contributed by atoms with E-state index in [0.717, 1.165) is 43.9 Å². The molecule has 1 aromatic rings. The first-order valence-corrected chi connectivity index (χ1v) is 8.99. The lowest BCUT2D eigenvalue weighted by Crippen LogP contribution is -2.55. The fourth-order valence-corrected chi connectivity index (χ4v) is 5.48. The van der Waals surface area contributed by atoms with Gasteiger partial charge in [-0.15, -0.1) is 0 Å². The van der Waals surface area contributed by atoms with Gasteiger partial charge in [0.1, 0.15) is 6.10 Å². The van der Waals surface area contributed by atoms with Crippen LogP contribution in [-0.4, -0.2) is 49.6 Å². The minimum absolute atomic E-state index is 0.116. The first-order valence-electron chi connectivity index (χ1n) is 8.99. The van der Waals surface area contributed by atoms with Gasteiger partial charge in [-0.25, -0.2) is 0 Å². The highest BCUT2D eigenvalue weighted by Gasteiger charge is 2.62. The molecule has 5 rings (SSSR count). The van der Waals surface area contributed by atoms with Crippen molar-refractivity contribution in [3.63, 3.8) is 0 Å². The van der Waals surface area contributed by atoms with Crippen molar-refractivity contribution in [3.8, 4) is 11.5 Å². The van der Waals surface area contributed by atoms with Gasteiger partial charge in [-0.1, -0.05) is 0 Å². The molecule has 5 atom stereocenters. The molecule has 0 spiro atoms. The Hall–Kier alpha value is -1.79. The lowest BCUT2D eigenvalue weighted by molar-refractivity contribution is -0.149. The second-order valence-electron chi connectivity index (χ2n) is 7.58. The van der Waals surface area contributed by atoms with Crippen LogP contribution in [0.25, 0.3) is 0 Å². The predicted molar refractivity (Wildman–Crippen MR) is 88.6 cm³/mol. The lowest BCUT2D eigenvalue weighted by atomic mass is 9.62. The zero-order chi connectivity index (χ0) is 17.2. The number of nitrogens with zero attached hydrogens (tertiary/aromatic N) is 1. The molecule has 2 bridgehead atoms. The Kier molecular flexibility index (Phi) is 3.31. The topological polar surface area (TPSA) is 57.2 Å². The molecule has 5 unspecified atom stereocenters. The third-order valence-electron chi connectivity index (χ3n) is 6.49. The SMILES string of the molecule is COC1CCC23c4cc5c(cc4CN(CC2OC(C)=O)C3C1)OCO5. The number of rotatable bonds is 2. The van der Waals surface area contributed by atoms with Crippen molar-refractivity contribution < 1.29 is 23.7 Å². The van der Waals surface area contributed by atoms with Crippen molar-refractivity contribution >= 4 is 5.97 Å². The zero-order valence-corrected chi connectivity index (χ0v) is 14.6. The van der Waals surface area contributed by atoms with E-state index in [1.54, 1.807) is 7.11 Å². The lowest BCUT2D eigenvalue weighted by Gasteiger charge is -2.49. The minimum atomic E-state index is -0.206. The molecule has 0 amide bonds. The molecular weight excluding hydrogens is 322 g/mol. The van der Waals surface area contributed by atoms with Crippen LogP contribution >= 0.6 is 0 Å². The fourth-order valence-electron chi connectivity index (χ4n) is 5.48. The highest BCUT2D eigenvalue weighted by atomic mass is 16.7. The van der Waals surface area contributed by atoms with E-state index in [0.29, 0.717) is 6.04 Å². The Morgan fingerprint density at radius 1 is 1.32 bits per heavy atom. The largest absolute Gasteiger partial charge is 0.460 e. The van der Waals surface area contributed by atoms with Gasteiger partial charge in [-0.05, 0) is 42.5 Å². The van der Waals surface area contributed by atoms with Crippen molar-refractivity contribution in [2.24, 2.45) is 0 Å². The third-order valence-corrected chi connectivity index (χ3v) is 6.49. The monoisotopic (exact) mass is 345 g/mol. The summed E-state index contributed by atoms with van der Waals surface area (Å²) in [6, 6.07) is 4.58. The van der Waals surface area contributed by atoms with Crippen LogP contribution in [0.1, 0.15) is 37.3 Å². The summed E-state index contributed by atoms with van der Waals surface area (Å²) in [5.41, 5.74) is 2.37. The third kappa shape index (κ3) is 2.07. The summed E-state index contributed by atoms with van der Waals surface area (Å²) >= 11 is 0. The molecule has 1 saturated carbocycles. The molecule has 3 heterocycles. The second kappa shape index (κ2) is 5.35. The maximum absolute atomic E-state index is 11.8. The summed E-state index contributed by atoms with van der Waals surface area (Å²) in [5.74, 6) is 1.43. The van der Waals surface area contributed by atoms with Crippen LogP contribution in [0.2, 0.25) is 0 Å². The van der Waals surface area contributed by atoms with Crippen LogP contribution in [0.4, 0.5) is 0 Å². The highest BCUT2D eigenvalue weighted by Crippen LogP contribution is 2.56. The standard InChI is InChI=1S/C19H23NO5/c1-11(21)25-18-9-20-8-12-5-15-16(24-10-23-15)7-14(12)19(18)4-3-13(22-2)6-17(19)20/h5,7,13,17-18H,3-4,6,8-10H2,1-2H3. The van der Waals surface area contributed by atoms with Crippen molar-refractivity contribution in [3.05, 3.63) is 23.3 Å². The number of ether oxygens (including phenoxy) is 4. The molecule has 25 heavy (non-hydrogen) atoms. The van der Waals surface area contributed by atoms with Crippen molar-refractivity contribution in [1.29, 1.82) is 0 Å². The van der Waals surface area contributed by atoms with Crippen LogP contribution in [0.15, 0.2) is 12.1 Å². The van der Waals surface area contributed by atoms with Gasteiger partial charge in [0.2, 0.25) is 6.79 Å².